The number of fused-ring (bicyclic) bond motifs is 1. The van der Waals surface area contributed by atoms with Crippen molar-refractivity contribution in [2.75, 3.05) is 13.1 Å². The van der Waals surface area contributed by atoms with Gasteiger partial charge in [-0.3, -0.25) is 14.4 Å². The second-order valence-corrected chi connectivity index (χ2v) is 8.99. The number of nitrogens with one attached hydrogen (secondary N) is 1. The SMILES string of the molecule is Cc1nn(C)c2nc(C(C)C)cc(C(=O)NCc3ccc(CN4CCCCC4)cc3)c12. The van der Waals surface area contributed by atoms with Crippen LogP contribution in [0.1, 0.15) is 71.9 Å². The van der Waals surface area contributed by atoms with E-state index >= 15 is 0 Å². The highest BCUT2D eigenvalue weighted by Gasteiger charge is 2.19. The van der Waals surface area contributed by atoms with Gasteiger partial charge < -0.3 is 5.32 Å². The number of piperidine rings is 1. The first-order valence-electron chi connectivity index (χ1n) is 11.3. The average Bonchev–Trinajstić information content (AvgIpc) is 3.06. The molecule has 1 aliphatic heterocycles. The molecule has 2 aromatic heterocycles. The van der Waals surface area contributed by atoms with E-state index in [2.05, 4.69) is 53.4 Å². The van der Waals surface area contributed by atoms with Gasteiger partial charge in [0.25, 0.3) is 5.91 Å². The Kier molecular flexibility index (Phi) is 6.37. The highest BCUT2D eigenvalue weighted by Crippen LogP contribution is 2.25. The molecule has 164 valence electrons. The first-order chi connectivity index (χ1) is 14.9. The number of carbonyl (C=O) groups excluding carboxylic acids is 1. The molecule has 0 aliphatic carbocycles. The lowest BCUT2D eigenvalue weighted by Crippen LogP contribution is -2.29. The fourth-order valence-corrected chi connectivity index (χ4v) is 4.35. The van der Waals surface area contributed by atoms with Crippen molar-refractivity contribution in [1.29, 1.82) is 0 Å². The van der Waals surface area contributed by atoms with E-state index in [1.165, 1.54) is 37.9 Å². The zero-order valence-corrected chi connectivity index (χ0v) is 19.1. The number of hydrogen-bond donors (Lipinski definition) is 1. The summed E-state index contributed by atoms with van der Waals surface area (Å²) in [5, 5.41) is 8.41. The van der Waals surface area contributed by atoms with E-state index in [0.29, 0.717) is 12.1 Å². The van der Waals surface area contributed by atoms with Crippen LogP contribution in [0.2, 0.25) is 0 Å². The van der Waals surface area contributed by atoms with Crippen molar-refractivity contribution in [3.8, 4) is 0 Å². The zero-order valence-electron chi connectivity index (χ0n) is 19.1. The van der Waals surface area contributed by atoms with Gasteiger partial charge in [0.05, 0.1) is 16.6 Å². The number of benzene rings is 1. The van der Waals surface area contributed by atoms with Crippen LogP contribution in [-0.2, 0) is 20.1 Å². The molecule has 6 heteroatoms. The van der Waals surface area contributed by atoms with Gasteiger partial charge in [-0.2, -0.15) is 5.10 Å². The van der Waals surface area contributed by atoms with Crippen LogP contribution in [0, 0.1) is 6.92 Å². The summed E-state index contributed by atoms with van der Waals surface area (Å²) in [7, 11) is 1.87. The van der Waals surface area contributed by atoms with E-state index in [4.69, 9.17) is 4.98 Å². The quantitative estimate of drug-likeness (QED) is 0.646. The third-order valence-electron chi connectivity index (χ3n) is 6.16. The molecule has 6 nitrogen and oxygen atoms in total. The molecule has 4 rings (SSSR count). The minimum absolute atomic E-state index is 0.0807. The molecular weight excluding hydrogens is 386 g/mol. The summed E-state index contributed by atoms with van der Waals surface area (Å²) in [6, 6.07) is 10.5. The fourth-order valence-electron chi connectivity index (χ4n) is 4.35. The Morgan fingerprint density at radius 3 is 2.45 bits per heavy atom. The van der Waals surface area contributed by atoms with E-state index < -0.39 is 0 Å². The minimum atomic E-state index is -0.0807. The van der Waals surface area contributed by atoms with Crippen LogP contribution in [0.25, 0.3) is 11.0 Å². The topological polar surface area (TPSA) is 63.1 Å². The number of rotatable bonds is 6. The molecule has 1 amide bonds. The molecule has 1 aliphatic rings. The first-order valence-corrected chi connectivity index (χ1v) is 11.3. The van der Waals surface area contributed by atoms with Crippen molar-refractivity contribution in [3.63, 3.8) is 0 Å². The molecule has 1 N–H and O–H groups in total. The van der Waals surface area contributed by atoms with Crippen LogP contribution >= 0.6 is 0 Å². The lowest BCUT2D eigenvalue weighted by molar-refractivity contribution is 0.0952. The van der Waals surface area contributed by atoms with Crippen LogP contribution in [0.3, 0.4) is 0 Å². The lowest BCUT2D eigenvalue weighted by Gasteiger charge is -2.26. The van der Waals surface area contributed by atoms with Gasteiger partial charge in [-0.1, -0.05) is 44.5 Å². The van der Waals surface area contributed by atoms with Crippen LogP contribution in [0.15, 0.2) is 30.3 Å². The Balaban J connectivity index is 1.46. The largest absolute Gasteiger partial charge is 0.348 e. The normalized spacial score (nSPS) is 15.0. The smallest absolute Gasteiger partial charge is 0.252 e. The number of hydrogen-bond acceptors (Lipinski definition) is 4. The molecule has 0 saturated carbocycles. The average molecular weight is 420 g/mol. The Labute approximate surface area is 184 Å². The van der Waals surface area contributed by atoms with Gasteiger partial charge in [0.15, 0.2) is 5.65 Å². The van der Waals surface area contributed by atoms with Crippen LogP contribution in [-0.4, -0.2) is 38.7 Å². The van der Waals surface area contributed by atoms with Crippen molar-refractivity contribution in [1.82, 2.24) is 25.0 Å². The molecule has 3 aromatic rings. The Bertz CT molecular complexity index is 1060. The Morgan fingerprint density at radius 1 is 1.10 bits per heavy atom. The summed E-state index contributed by atoms with van der Waals surface area (Å²) in [6.07, 6.45) is 3.97. The van der Waals surface area contributed by atoms with E-state index in [1.807, 2.05) is 20.0 Å². The number of pyridine rings is 1. The maximum atomic E-state index is 13.1. The van der Waals surface area contributed by atoms with Gasteiger partial charge in [0.2, 0.25) is 0 Å². The molecule has 0 atom stereocenters. The van der Waals surface area contributed by atoms with Crippen LogP contribution in [0.5, 0.6) is 0 Å². The standard InChI is InChI=1S/C25H33N5O/c1-17(2)22-14-21(23-18(3)28-29(4)24(23)27-22)25(31)26-15-19-8-10-20(11-9-19)16-30-12-6-5-7-13-30/h8-11,14,17H,5-7,12-13,15-16H2,1-4H3,(H,26,31). The number of likely N-dealkylation sites (tertiary alicyclic amines) is 1. The maximum Gasteiger partial charge on any atom is 0.252 e. The first kappa shape index (κ1) is 21.5. The summed E-state index contributed by atoms with van der Waals surface area (Å²) in [6.45, 7) is 10.0. The van der Waals surface area contributed by atoms with Gasteiger partial charge in [-0.15, -0.1) is 0 Å². The van der Waals surface area contributed by atoms with Crippen molar-refractivity contribution >= 4 is 16.9 Å². The predicted octanol–water partition coefficient (Wildman–Crippen LogP) is 4.32. The molecular formula is C25H33N5O. The number of nitrogens with zero attached hydrogens (tertiary/aromatic N) is 4. The van der Waals surface area contributed by atoms with E-state index in [0.717, 1.165) is 34.5 Å². The molecule has 0 unspecified atom stereocenters. The third kappa shape index (κ3) is 4.79. The molecule has 0 bridgehead atoms. The highest BCUT2D eigenvalue weighted by molar-refractivity contribution is 6.06. The van der Waals surface area contributed by atoms with Crippen LogP contribution < -0.4 is 5.32 Å². The van der Waals surface area contributed by atoms with Crippen LogP contribution in [0.4, 0.5) is 0 Å². The summed E-state index contributed by atoms with van der Waals surface area (Å²) in [4.78, 5) is 20.4. The zero-order chi connectivity index (χ0) is 22.0. The number of carbonyl (C=O) groups is 1. The number of amides is 1. The van der Waals surface area contributed by atoms with Gasteiger partial charge in [-0.25, -0.2) is 4.98 Å². The monoisotopic (exact) mass is 419 g/mol. The Hall–Kier alpha value is -2.73. The summed E-state index contributed by atoms with van der Waals surface area (Å²) in [5.74, 6) is 0.154. The Morgan fingerprint density at radius 2 is 1.77 bits per heavy atom. The molecule has 1 fully saturated rings. The predicted molar refractivity (Wildman–Crippen MR) is 124 cm³/mol. The molecule has 0 radical (unpaired) electrons. The second kappa shape index (κ2) is 9.18. The number of aryl methyl sites for hydroxylation is 2. The number of aromatic nitrogens is 3. The van der Waals surface area contributed by atoms with E-state index in [-0.39, 0.29) is 11.8 Å². The van der Waals surface area contributed by atoms with Gasteiger partial charge in [0, 0.05) is 25.8 Å². The van der Waals surface area contributed by atoms with Gasteiger partial charge in [-0.05, 0) is 56.0 Å². The van der Waals surface area contributed by atoms with Crippen molar-refractivity contribution < 1.29 is 4.79 Å². The van der Waals surface area contributed by atoms with E-state index in [9.17, 15) is 4.79 Å². The summed E-state index contributed by atoms with van der Waals surface area (Å²) >= 11 is 0. The van der Waals surface area contributed by atoms with Crippen molar-refractivity contribution in [3.05, 3.63) is 58.4 Å². The van der Waals surface area contributed by atoms with Gasteiger partial charge in [0.1, 0.15) is 0 Å². The fraction of sp³-hybridized carbons (Fsp3) is 0.480. The maximum absolute atomic E-state index is 13.1. The summed E-state index contributed by atoms with van der Waals surface area (Å²) in [5.41, 5.74) is 5.58. The summed E-state index contributed by atoms with van der Waals surface area (Å²) < 4.78 is 1.76. The molecule has 31 heavy (non-hydrogen) atoms. The van der Waals surface area contributed by atoms with Crippen molar-refractivity contribution in [2.24, 2.45) is 7.05 Å². The van der Waals surface area contributed by atoms with E-state index in [1.54, 1.807) is 4.68 Å². The second-order valence-electron chi connectivity index (χ2n) is 8.99. The third-order valence-corrected chi connectivity index (χ3v) is 6.16. The minimum Gasteiger partial charge on any atom is -0.348 e. The highest BCUT2D eigenvalue weighted by atomic mass is 16.1. The van der Waals surface area contributed by atoms with Crippen molar-refractivity contribution in [2.45, 2.75) is 59.0 Å². The van der Waals surface area contributed by atoms with Gasteiger partial charge >= 0.3 is 0 Å². The molecule has 0 spiro atoms. The molecule has 3 heterocycles. The molecule has 1 aromatic carbocycles. The lowest BCUT2D eigenvalue weighted by atomic mass is 10.0. The molecule has 1 saturated heterocycles.